The van der Waals surface area contributed by atoms with Crippen LogP contribution in [0.1, 0.15) is 51.9 Å². The number of ether oxygens (including phenoxy) is 1. The Morgan fingerprint density at radius 3 is 2.52 bits per heavy atom. The Bertz CT molecular complexity index is 524. The van der Waals surface area contributed by atoms with Crippen molar-refractivity contribution in [2.24, 2.45) is 5.92 Å². The molecule has 1 fully saturated rings. The molecule has 23 heavy (non-hydrogen) atoms. The molecule has 0 aromatic heterocycles. The zero-order chi connectivity index (χ0) is 16.7. The van der Waals surface area contributed by atoms with E-state index in [1.807, 2.05) is 0 Å². The smallest absolute Gasteiger partial charge is 0.306 e. The number of hydrogen-bond acceptors (Lipinski definition) is 3. The molecule has 1 atom stereocenters. The lowest BCUT2D eigenvalue weighted by Gasteiger charge is -2.17. The van der Waals surface area contributed by atoms with E-state index in [9.17, 15) is 14.0 Å². The molecule has 1 N–H and O–H groups in total. The number of hydrogen-bond donors (Lipinski definition) is 1. The van der Waals surface area contributed by atoms with Crippen molar-refractivity contribution in [2.45, 2.75) is 58.0 Å². The molecule has 1 aliphatic rings. The van der Waals surface area contributed by atoms with Crippen LogP contribution in [0.3, 0.4) is 0 Å². The van der Waals surface area contributed by atoms with Gasteiger partial charge in [-0.2, -0.15) is 0 Å². The first-order valence-corrected chi connectivity index (χ1v) is 8.34. The number of halogens is 1. The van der Waals surface area contributed by atoms with E-state index in [1.54, 1.807) is 6.92 Å². The second-order valence-corrected chi connectivity index (χ2v) is 6.07. The number of carbonyl (C=O) groups is 2. The van der Waals surface area contributed by atoms with Crippen LogP contribution in [-0.2, 0) is 14.3 Å². The van der Waals surface area contributed by atoms with Gasteiger partial charge in [0.25, 0.3) is 5.91 Å². The fourth-order valence-corrected chi connectivity index (χ4v) is 2.92. The monoisotopic (exact) mass is 321 g/mol. The molecule has 0 spiro atoms. The van der Waals surface area contributed by atoms with Gasteiger partial charge >= 0.3 is 5.97 Å². The van der Waals surface area contributed by atoms with E-state index in [2.05, 4.69) is 5.32 Å². The summed E-state index contributed by atoms with van der Waals surface area (Å²) in [7, 11) is 0. The minimum absolute atomic E-state index is 0.321. The Balaban J connectivity index is 1.79. The third-order valence-corrected chi connectivity index (χ3v) is 4.28. The number of rotatable bonds is 7. The highest BCUT2D eigenvalue weighted by molar-refractivity contribution is 5.95. The standard InChI is InChI=1S/C18H24FNO3/c1-2-16(18(22)20-15-10-8-14(19)9-11-15)23-17(21)12-7-13-5-3-4-6-13/h8-11,13,16H,2-7,12H2,1H3,(H,20,22)/t16-/m1/s1. The van der Waals surface area contributed by atoms with E-state index in [0.717, 1.165) is 6.42 Å². The molecule has 0 heterocycles. The van der Waals surface area contributed by atoms with Crippen molar-refractivity contribution < 1.29 is 18.7 Å². The highest BCUT2D eigenvalue weighted by Gasteiger charge is 2.22. The summed E-state index contributed by atoms with van der Waals surface area (Å²) in [5.74, 6) is -0.449. The average molecular weight is 321 g/mol. The van der Waals surface area contributed by atoms with Crippen molar-refractivity contribution in [2.75, 3.05) is 5.32 Å². The number of amides is 1. The molecule has 0 saturated heterocycles. The van der Waals surface area contributed by atoms with E-state index in [1.165, 1.54) is 49.9 Å². The predicted molar refractivity (Wildman–Crippen MR) is 86.4 cm³/mol. The topological polar surface area (TPSA) is 55.4 Å². The summed E-state index contributed by atoms with van der Waals surface area (Å²) in [6.45, 7) is 1.79. The lowest BCUT2D eigenvalue weighted by molar-refractivity contribution is -0.154. The third-order valence-electron chi connectivity index (χ3n) is 4.28. The minimum atomic E-state index is -0.809. The zero-order valence-corrected chi connectivity index (χ0v) is 13.5. The summed E-state index contributed by atoms with van der Waals surface area (Å²) in [5, 5.41) is 2.64. The summed E-state index contributed by atoms with van der Waals surface area (Å²) in [6.07, 6.45) is 5.68. The van der Waals surface area contributed by atoms with Crippen molar-refractivity contribution in [3.63, 3.8) is 0 Å². The third kappa shape index (κ3) is 5.66. The largest absolute Gasteiger partial charge is 0.452 e. The summed E-state index contributed by atoms with van der Waals surface area (Å²) < 4.78 is 18.1. The van der Waals surface area contributed by atoms with Crippen molar-refractivity contribution in [1.82, 2.24) is 0 Å². The molecule has 2 rings (SSSR count). The lowest BCUT2D eigenvalue weighted by Crippen LogP contribution is -2.32. The highest BCUT2D eigenvalue weighted by Crippen LogP contribution is 2.28. The Morgan fingerprint density at radius 1 is 1.26 bits per heavy atom. The van der Waals surface area contributed by atoms with Crippen LogP contribution in [0, 0.1) is 11.7 Å². The van der Waals surface area contributed by atoms with Crippen LogP contribution < -0.4 is 5.32 Å². The maximum absolute atomic E-state index is 12.9. The Morgan fingerprint density at radius 2 is 1.91 bits per heavy atom. The van der Waals surface area contributed by atoms with Crippen LogP contribution in [0.4, 0.5) is 10.1 Å². The maximum Gasteiger partial charge on any atom is 0.306 e. The second kappa shape index (κ2) is 8.65. The molecule has 1 amide bonds. The first kappa shape index (κ1) is 17.4. The Hall–Kier alpha value is -1.91. The average Bonchev–Trinajstić information content (AvgIpc) is 3.06. The van der Waals surface area contributed by atoms with Gasteiger partial charge in [0.05, 0.1) is 0 Å². The van der Waals surface area contributed by atoms with E-state index >= 15 is 0 Å². The molecule has 4 nitrogen and oxygen atoms in total. The fraction of sp³-hybridized carbons (Fsp3) is 0.556. The minimum Gasteiger partial charge on any atom is -0.452 e. The van der Waals surface area contributed by atoms with Crippen molar-refractivity contribution >= 4 is 17.6 Å². The van der Waals surface area contributed by atoms with Gasteiger partial charge in [0.15, 0.2) is 6.10 Å². The summed E-state index contributed by atoms with van der Waals surface area (Å²) in [4.78, 5) is 24.1. The van der Waals surface area contributed by atoms with Crippen LogP contribution in [-0.4, -0.2) is 18.0 Å². The number of nitrogens with one attached hydrogen (secondary N) is 1. The fourth-order valence-electron chi connectivity index (χ4n) is 2.92. The normalized spacial score (nSPS) is 16.1. The predicted octanol–water partition coefficient (Wildman–Crippen LogP) is 4.06. The van der Waals surface area contributed by atoms with Gasteiger partial charge in [0.2, 0.25) is 0 Å². The number of carbonyl (C=O) groups excluding carboxylic acids is 2. The molecule has 0 bridgehead atoms. The molecule has 1 saturated carbocycles. The maximum atomic E-state index is 12.9. The second-order valence-electron chi connectivity index (χ2n) is 6.07. The van der Waals surface area contributed by atoms with E-state index in [0.29, 0.717) is 24.4 Å². The van der Waals surface area contributed by atoms with Gasteiger partial charge in [-0.05, 0) is 43.0 Å². The van der Waals surface area contributed by atoms with Crippen molar-refractivity contribution in [1.29, 1.82) is 0 Å². The van der Waals surface area contributed by atoms with Gasteiger partial charge in [-0.25, -0.2) is 4.39 Å². The van der Waals surface area contributed by atoms with E-state index < -0.39 is 6.10 Å². The van der Waals surface area contributed by atoms with E-state index in [-0.39, 0.29) is 17.7 Å². The van der Waals surface area contributed by atoms with Gasteiger partial charge in [-0.3, -0.25) is 9.59 Å². The van der Waals surface area contributed by atoms with E-state index in [4.69, 9.17) is 4.74 Å². The summed E-state index contributed by atoms with van der Waals surface area (Å²) in [5.41, 5.74) is 0.483. The first-order chi connectivity index (χ1) is 11.1. The van der Waals surface area contributed by atoms with Crippen LogP contribution in [0.25, 0.3) is 0 Å². The lowest BCUT2D eigenvalue weighted by atomic mass is 10.0. The van der Waals surface area contributed by atoms with Gasteiger partial charge in [0, 0.05) is 12.1 Å². The summed E-state index contributed by atoms with van der Waals surface area (Å²) >= 11 is 0. The van der Waals surface area contributed by atoms with Gasteiger partial charge < -0.3 is 10.1 Å². The molecule has 0 radical (unpaired) electrons. The Kier molecular flexibility index (Phi) is 6.56. The molecule has 1 aromatic carbocycles. The molecule has 0 unspecified atom stereocenters. The molecule has 126 valence electrons. The van der Waals surface area contributed by atoms with Gasteiger partial charge in [-0.15, -0.1) is 0 Å². The molecule has 1 aliphatic carbocycles. The quantitative estimate of drug-likeness (QED) is 0.771. The number of esters is 1. The molecule has 1 aromatic rings. The zero-order valence-electron chi connectivity index (χ0n) is 13.5. The van der Waals surface area contributed by atoms with Crippen LogP contribution in [0.5, 0.6) is 0 Å². The van der Waals surface area contributed by atoms with Crippen molar-refractivity contribution in [3.8, 4) is 0 Å². The SMILES string of the molecule is CC[C@@H](OC(=O)CCC1CCCC1)C(=O)Nc1ccc(F)cc1. The van der Waals surface area contributed by atoms with Crippen molar-refractivity contribution in [3.05, 3.63) is 30.1 Å². The highest BCUT2D eigenvalue weighted by atomic mass is 19.1. The molecular weight excluding hydrogens is 297 g/mol. The van der Waals surface area contributed by atoms with Gasteiger partial charge in [0.1, 0.15) is 5.82 Å². The molecule has 5 heteroatoms. The Labute approximate surface area is 136 Å². The van der Waals surface area contributed by atoms with Gasteiger partial charge in [-0.1, -0.05) is 32.6 Å². The van der Waals surface area contributed by atoms with Crippen LogP contribution in [0.15, 0.2) is 24.3 Å². The number of benzene rings is 1. The molecule has 0 aliphatic heterocycles. The number of anilines is 1. The van der Waals surface area contributed by atoms with Crippen LogP contribution in [0.2, 0.25) is 0 Å². The summed E-state index contributed by atoms with van der Waals surface area (Å²) in [6, 6.07) is 5.48. The van der Waals surface area contributed by atoms with Crippen LogP contribution >= 0.6 is 0 Å². The molecular formula is C18H24FNO3. The first-order valence-electron chi connectivity index (χ1n) is 8.34.